The maximum atomic E-state index is 13.1. The largest absolute Gasteiger partial charge is 0.392 e. The Morgan fingerprint density at radius 2 is 2.00 bits per heavy atom. The Hall–Kier alpha value is -0.890. The Morgan fingerprint density at radius 3 is 2.61 bits per heavy atom. The third-order valence-electron chi connectivity index (χ3n) is 4.35. The normalized spacial score (nSPS) is 25.9. The van der Waals surface area contributed by atoms with E-state index in [4.69, 9.17) is 0 Å². The molecule has 0 aliphatic heterocycles. The molecule has 1 aromatic rings. The molecular weight excluding hydrogens is 227 g/mol. The van der Waals surface area contributed by atoms with Gasteiger partial charge in [0.1, 0.15) is 5.82 Å². The third kappa shape index (κ3) is 3.55. The molecule has 2 heteroatoms. The van der Waals surface area contributed by atoms with Gasteiger partial charge in [-0.25, -0.2) is 4.39 Å². The number of aliphatic hydroxyl groups excluding tert-OH is 1. The van der Waals surface area contributed by atoms with E-state index in [2.05, 4.69) is 6.92 Å². The zero-order valence-electron chi connectivity index (χ0n) is 11.1. The lowest BCUT2D eigenvalue weighted by molar-refractivity contribution is 0.0735. The summed E-state index contributed by atoms with van der Waals surface area (Å²) in [6, 6.07) is 6.58. The van der Waals surface area contributed by atoms with Gasteiger partial charge in [-0.05, 0) is 48.8 Å². The third-order valence-corrected chi connectivity index (χ3v) is 4.35. The van der Waals surface area contributed by atoms with Crippen LogP contribution in [0.5, 0.6) is 0 Å². The second kappa shape index (κ2) is 6.33. The molecule has 18 heavy (non-hydrogen) atoms. The second-order valence-corrected chi connectivity index (χ2v) is 5.59. The van der Waals surface area contributed by atoms with Crippen LogP contribution < -0.4 is 0 Å². The number of aliphatic hydroxyl groups is 1. The van der Waals surface area contributed by atoms with Crippen molar-refractivity contribution in [3.05, 3.63) is 35.6 Å². The number of hydrogen-bond donors (Lipinski definition) is 1. The van der Waals surface area contributed by atoms with Gasteiger partial charge in [-0.3, -0.25) is 0 Å². The monoisotopic (exact) mass is 250 g/mol. The molecule has 0 saturated heterocycles. The fourth-order valence-electron chi connectivity index (χ4n) is 3.05. The number of rotatable bonds is 4. The Kier molecular flexibility index (Phi) is 4.76. The topological polar surface area (TPSA) is 20.2 Å². The van der Waals surface area contributed by atoms with E-state index in [-0.39, 0.29) is 11.9 Å². The average Bonchev–Trinajstić information content (AvgIpc) is 2.39. The summed E-state index contributed by atoms with van der Waals surface area (Å²) < 4.78 is 13.1. The summed E-state index contributed by atoms with van der Waals surface area (Å²) >= 11 is 0. The zero-order chi connectivity index (χ0) is 13.0. The molecule has 1 aliphatic carbocycles. The molecule has 100 valence electrons. The first-order chi connectivity index (χ1) is 8.69. The van der Waals surface area contributed by atoms with Crippen LogP contribution in [0.15, 0.2) is 24.3 Å². The standard InChI is InChI=1S/C16H23FO/c1-2-12-6-8-14(9-7-12)16(18)11-13-4-3-5-15(17)10-13/h3-5,10,12,14,16,18H,2,6-9,11H2,1H3. The Labute approximate surface area is 109 Å². The van der Waals surface area contributed by atoms with Gasteiger partial charge in [-0.1, -0.05) is 38.3 Å². The summed E-state index contributed by atoms with van der Waals surface area (Å²) in [7, 11) is 0. The highest BCUT2D eigenvalue weighted by Crippen LogP contribution is 2.33. The first-order valence-electron chi connectivity index (χ1n) is 7.11. The number of benzene rings is 1. The molecule has 1 unspecified atom stereocenters. The van der Waals surface area contributed by atoms with E-state index in [1.165, 1.54) is 31.4 Å². The highest BCUT2D eigenvalue weighted by atomic mass is 19.1. The quantitative estimate of drug-likeness (QED) is 0.858. The summed E-state index contributed by atoms with van der Waals surface area (Å²) in [5.74, 6) is 1.04. The molecule has 1 atom stereocenters. The smallest absolute Gasteiger partial charge is 0.123 e. The van der Waals surface area contributed by atoms with Gasteiger partial charge in [0.2, 0.25) is 0 Å². The van der Waals surface area contributed by atoms with Gasteiger partial charge >= 0.3 is 0 Å². The van der Waals surface area contributed by atoms with Crippen LogP contribution >= 0.6 is 0 Å². The molecule has 1 fully saturated rings. The van der Waals surface area contributed by atoms with Crippen LogP contribution in [0.25, 0.3) is 0 Å². The molecule has 1 nitrogen and oxygen atoms in total. The van der Waals surface area contributed by atoms with E-state index in [0.29, 0.717) is 12.3 Å². The maximum absolute atomic E-state index is 13.1. The van der Waals surface area contributed by atoms with Gasteiger partial charge in [-0.2, -0.15) is 0 Å². The fourth-order valence-corrected chi connectivity index (χ4v) is 3.05. The molecule has 1 N–H and O–H groups in total. The molecular formula is C16H23FO. The highest BCUT2D eigenvalue weighted by Gasteiger charge is 2.25. The minimum absolute atomic E-state index is 0.214. The van der Waals surface area contributed by atoms with Crippen molar-refractivity contribution in [1.82, 2.24) is 0 Å². The second-order valence-electron chi connectivity index (χ2n) is 5.59. The van der Waals surface area contributed by atoms with E-state index >= 15 is 0 Å². The van der Waals surface area contributed by atoms with E-state index in [1.807, 2.05) is 6.07 Å². The summed E-state index contributed by atoms with van der Waals surface area (Å²) in [5, 5.41) is 10.3. The SMILES string of the molecule is CCC1CCC(C(O)Cc2cccc(F)c2)CC1. The van der Waals surface area contributed by atoms with Gasteiger partial charge in [0, 0.05) is 0 Å². The molecule has 1 aliphatic rings. The summed E-state index contributed by atoms with van der Waals surface area (Å²) in [6.07, 6.45) is 6.24. The maximum Gasteiger partial charge on any atom is 0.123 e. The Morgan fingerprint density at radius 1 is 1.28 bits per heavy atom. The molecule has 0 spiro atoms. The van der Waals surface area contributed by atoms with Crippen LogP contribution in [0, 0.1) is 17.7 Å². The van der Waals surface area contributed by atoms with Crippen molar-refractivity contribution in [2.24, 2.45) is 11.8 Å². The summed E-state index contributed by atoms with van der Waals surface area (Å²) in [5.41, 5.74) is 0.903. The van der Waals surface area contributed by atoms with Crippen molar-refractivity contribution < 1.29 is 9.50 Å². The molecule has 0 heterocycles. The summed E-state index contributed by atoms with van der Waals surface area (Å²) in [6.45, 7) is 2.24. The highest BCUT2D eigenvalue weighted by molar-refractivity contribution is 5.17. The molecule has 0 bridgehead atoms. The Balaban J connectivity index is 1.87. The molecule has 0 radical (unpaired) electrons. The summed E-state index contributed by atoms with van der Waals surface area (Å²) in [4.78, 5) is 0. The van der Waals surface area contributed by atoms with Gasteiger partial charge in [0.25, 0.3) is 0 Å². The Bertz CT molecular complexity index is 369. The van der Waals surface area contributed by atoms with Gasteiger partial charge in [0.15, 0.2) is 0 Å². The lowest BCUT2D eigenvalue weighted by Gasteiger charge is -2.31. The number of hydrogen-bond acceptors (Lipinski definition) is 1. The van der Waals surface area contributed by atoms with Crippen molar-refractivity contribution in [3.63, 3.8) is 0 Å². The molecule has 0 aromatic heterocycles. The first-order valence-corrected chi connectivity index (χ1v) is 7.11. The fraction of sp³-hybridized carbons (Fsp3) is 0.625. The van der Waals surface area contributed by atoms with Crippen LogP contribution in [-0.4, -0.2) is 11.2 Å². The minimum atomic E-state index is -0.315. The molecule has 1 aromatic carbocycles. The molecule has 0 amide bonds. The predicted molar refractivity (Wildman–Crippen MR) is 71.8 cm³/mol. The van der Waals surface area contributed by atoms with E-state index in [9.17, 15) is 9.50 Å². The van der Waals surface area contributed by atoms with Crippen molar-refractivity contribution in [1.29, 1.82) is 0 Å². The number of halogens is 1. The minimum Gasteiger partial charge on any atom is -0.392 e. The van der Waals surface area contributed by atoms with Crippen LogP contribution in [0.1, 0.15) is 44.6 Å². The van der Waals surface area contributed by atoms with Crippen LogP contribution in [-0.2, 0) is 6.42 Å². The van der Waals surface area contributed by atoms with Crippen LogP contribution in [0.4, 0.5) is 4.39 Å². The molecule has 2 rings (SSSR count). The van der Waals surface area contributed by atoms with Gasteiger partial charge in [-0.15, -0.1) is 0 Å². The van der Waals surface area contributed by atoms with Crippen molar-refractivity contribution >= 4 is 0 Å². The zero-order valence-corrected chi connectivity index (χ0v) is 11.1. The van der Waals surface area contributed by atoms with E-state index in [1.54, 1.807) is 6.07 Å². The lowest BCUT2D eigenvalue weighted by Crippen LogP contribution is -2.27. The van der Waals surface area contributed by atoms with Gasteiger partial charge in [0.05, 0.1) is 6.10 Å². The predicted octanol–water partition coefficient (Wildman–Crippen LogP) is 3.95. The van der Waals surface area contributed by atoms with Crippen LogP contribution in [0.3, 0.4) is 0 Å². The van der Waals surface area contributed by atoms with Gasteiger partial charge < -0.3 is 5.11 Å². The average molecular weight is 250 g/mol. The van der Waals surface area contributed by atoms with Crippen molar-refractivity contribution in [2.75, 3.05) is 0 Å². The van der Waals surface area contributed by atoms with Crippen LogP contribution in [0.2, 0.25) is 0 Å². The van der Waals surface area contributed by atoms with E-state index < -0.39 is 0 Å². The first kappa shape index (κ1) is 13.5. The van der Waals surface area contributed by atoms with Crippen molar-refractivity contribution in [3.8, 4) is 0 Å². The lowest BCUT2D eigenvalue weighted by atomic mass is 9.77. The van der Waals surface area contributed by atoms with Crippen molar-refractivity contribution in [2.45, 2.75) is 51.6 Å². The van der Waals surface area contributed by atoms with E-state index in [0.717, 1.165) is 24.3 Å². The molecule has 1 saturated carbocycles.